The van der Waals surface area contributed by atoms with E-state index in [-0.39, 0.29) is 24.0 Å². The Labute approximate surface area is 183 Å². The second kappa shape index (κ2) is 12.6. The minimum absolute atomic E-state index is 0. The molecule has 27 heavy (non-hydrogen) atoms. The van der Waals surface area contributed by atoms with Crippen LogP contribution in [0.5, 0.6) is 0 Å². The maximum absolute atomic E-state index is 12.5. The zero-order valence-corrected chi connectivity index (χ0v) is 19.6. The van der Waals surface area contributed by atoms with Crippen LogP contribution in [0.15, 0.2) is 4.99 Å². The highest BCUT2D eigenvalue weighted by Crippen LogP contribution is 2.24. The van der Waals surface area contributed by atoms with E-state index in [1.165, 1.54) is 11.3 Å². The Morgan fingerprint density at radius 1 is 1.19 bits per heavy atom. The minimum Gasteiger partial charge on any atom is -0.357 e. The van der Waals surface area contributed by atoms with E-state index >= 15 is 0 Å². The van der Waals surface area contributed by atoms with Crippen molar-refractivity contribution in [2.45, 2.75) is 51.0 Å². The Kier molecular flexibility index (Phi) is 11.7. The van der Waals surface area contributed by atoms with Gasteiger partial charge in [-0.2, -0.15) is 24.9 Å². The predicted octanol–water partition coefficient (Wildman–Crippen LogP) is 4.06. The van der Waals surface area contributed by atoms with Gasteiger partial charge in [0.25, 0.3) is 0 Å². The molecule has 0 saturated carbocycles. The molecule has 0 bridgehead atoms. The number of nitrogens with zero attached hydrogens (tertiary/aromatic N) is 3. The number of halogens is 4. The predicted molar refractivity (Wildman–Crippen MR) is 119 cm³/mol. The average molecular weight is 522 g/mol. The zero-order valence-electron chi connectivity index (χ0n) is 16.4. The molecule has 2 saturated heterocycles. The Hall–Kier alpha value is 0.1000. The van der Waals surface area contributed by atoms with E-state index in [9.17, 15) is 13.2 Å². The van der Waals surface area contributed by atoms with Crippen molar-refractivity contribution >= 4 is 41.7 Å². The molecule has 9 heteroatoms. The number of hydrogen-bond acceptors (Lipinski definition) is 3. The van der Waals surface area contributed by atoms with E-state index in [4.69, 9.17) is 4.99 Å². The zero-order chi connectivity index (χ0) is 19.0. The minimum atomic E-state index is -4.08. The SMILES string of the molecule is CCNC(=NCCC1CCN(CC(F)(F)F)CC1)N1CCSC(CC)C1.I. The summed E-state index contributed by atoms with van der Waals surface area (Å²) < 4.78 is 37.4. The molecule has 2 aliphatic heterocycles. The topological polar surface area (TPSA) is 30.9 Å². The van der Waals surface area contributed by atoms with Crippen LogP contribution in [0, 0.1) is 5.92 Å². The van der Waals surface area contributed by atoms with Gasteiger partial charge < -0.3 is 10.2 Å². The van der Waals surface area contributed by atoms with Gasteiger partial charge in [0.15, 0.2) is 5.96 Å². The summed E-state index contributed by atoms with van der Waals surface area (Å²) >= 11 is 2.04. The van der Waals surface area contributed by atoms with Crippen LogP contribution in [0.25, 0.3) is 0 Å². The fourth-order valence-corrected chi connectivity index (χ4v) is 4.80. The van der Waals surface area contributed by atoms with Crippen LogP contribution in [0.2, 0.25) is 0 Å². The second-order valence-corrected chi connectivity index (χ2v) is 8.61. The van der Waals surface area contributed by atoms with Gasteiger partial charge in [-0.05, 0) is 51.6 Å². The van der Waals surface area contributed by atoms with Crippen molar-refractivity contribution < 1.29 is 13.2 Å². The molecule has 1 atom stereocenters. The van der Waals surface area contributed by atoms with Crippen LogP contribution in [-0.4, -0.2) is 78.8 Å². The van der Waals surface area contributed by atoms with Crippen molar-refractivity contribution in [1.82, 2.24) is 15.1 Å². The van der Waals surface area contributed by atoms with Gasteiger partial charge >= 0.3 is 6.18 Å². The summed E-state index contributed by atoms with van der Waals surface area (Å²) in [6, 6.07) is 0. The van der Waals surface area contributed by atoms with Crippen LogP contribution in [0.1, 0.15) is 39.5 Å². The Balaban J connectivity index is 0.00000364. The molecule has 2 fully saturated rings. The summed E-state index contributed by atoms with van der Waals surface area (Å²) in [6.45, 7) is 8.34. The van der Waals surface area contributed by atoms with E-state index in [0.29, 0.717) is 24.3 Å². The first-order valence-corrected chi connectivity index (χ1v) is 10.9. The Morgan fingerprint density at radius 3 is 2.48 bits per heavy atom. The number of aliphatic imine (C=N–C) groups is 1. The van der Waals surface area contributed by atoms with Gasteiger partial charge in [-0.3, -0.25) is 9.89 Å². The van der Waals surface area contributed by atoms with Crippen molar-refractivity contribution in [3.05, 3.63) is 0 Å². The average Bonchev–Trinajstić information content (AvgIpc) is 2.61. The van der Waals surface area contributed by atoms with Crippen molar-refractivity contribution in [2.75, 3.05) is 51.6 Å². The molecule has 1 unspecified atom stereocenters. The molecule has 0 radical (unpaired) electrons. The summed E-state index contributed by atoms with van der Waals surface area (Å²) in [5.74, 6) is 2.63. The molecular weight excluding hydrogens is 488 g/mol. The monoisotopic (exact) mass is 522 g/mol. The third-order valence-corrected chi connectivity index (χ3v) is 6.51. The number of thioether (sulfide) groups is 1. The lowest BCUT2D eigenvalue weighted by atomic mass is 9.93. The molecule has 0 aromatic heterocycles. The van der Waals surface area contributed by atoms with Gasteiger partial charge in [-0.1, -0.05) is 6.92 Å². The van der Waals surface area contributed by atoms with E-state index in [2.05, 4.69) is 24.1 Å². The fourth-order valence-electron chi connectivity index (χ4n) is 3.62. The smallest absolute Gasteiger partial charge is 0.357 e. The Morgan fingerprint density at radius 2 is 1.89 bits per heavy atom. The first-order valence-electron chi connectivity index (χ1n) is 9.85. The number of rotatable bonds is 6. The summed E-state index contributed by atoms with van der Waals surface area (Å²) in [4.78, 5) is 8.70. The van der Waals surface area contributed by atoms with Gasteiger partial charge in [0.1, 0.15) is 0 Å². The summed E-state index contributed by atoms with van der Waals surface area (Å²) in [5.41, 5.74) is 0. The van der Waals surface area contributed by atoms with E-state index < -0.39 is 12.7 Å². The molecule has 0 spiro atoms. The van der Waals surface area contributed by atoms with Crippen LogP contribution in [-0.2, 0) is 0 Å². The van der Waals surface area contributed by atoms with Crippen LogP contribution >= 0.6 is 35.7 Å². The lowest BCUT2D eigenvalue weighted by Gasteiger charge is -2.34. The van der Waals surface area contributed by atoms with Crippen molar-refractivity contribution in [2.24, 2.45) is 10.9 Å². The highest BCUT2D eigenvalue weighted by molar-refractivity contribution is 14.0. The number of likely N-dealkylation sites (tertiary alicyclic amines) is 1. The molecule has 2 rings (SSSR count). The summed E-state index contributed by atoms with van der Waals surface area (Å²) in [5, 5.41) is 4.07. The highest BCUT2D eigenvalue weighted by Gasteiger charge is 2.32. The second-order valence-electron chi connectivity index (χ2n) is 7.21. The number of guanidine groups is 1. The largest absolute Gasteiger partial charge is 0.401 e. The molecular formula is C18H34F3IN4S. The maximum atomic E-state index is 12.5. The van der Waals surface area contributed by atoms with Crippen molar-refractivity contribution in [3.63, 3.8) is 0 Å². The van der Waals surface area contributed by atoms with Crippen LogP contribution in [0.3, 0.4) is 0 Å². The van der Waals surface area contributed by atoms with E-state index in [1.807, 2.05) is 11.8 Å². The third kappa shape index (κ3) is 9.43. The fraction of sp³-hybridized carbons (Fsp3) is 0.944. The van der Waals surface area contributed by atoms with Crippen molar-refractivity contribution in [3.8, 4) is 0 Å². The third-order valence-electron chi connectivity index (χ3n) is 5.14. The van der Waals surface area contributed by atoms with Gasteiger partial charge in [-0.15, -0.1) is 24.0 Å². The van der Waals surface area contributed by atoms with Crippen LogP contribution in [0.4, 0.5) is 13.2 Å². The molecule has 2 heterocycles. The molecule has 0 aromatic rings. The number of alkyl halides is 3. The van der Waals surface area contributed by atoms with Gasteiger partial charge in [0.2, 0.25) is 0 Å². The van der Waals surface area contributed by atoms with Gasteiger partial charge in [0, 0.05) is 37.2 Å². The van der Waals surface area contributed by atoms with Crippen LogP contribution < -0.4 is 5.32 Å². The van der Waals surface area contributed by atoms with E-state index in [1.54, 1.807) is 0 Å². The number of nitrogens with one attached hydrogen (secondary N) is 1. The molecule has 160 valence electrons. The van der Waals surface area contributed by atoms with Gasteiger partial charge in [0.05, 0.1) is 6.54 Å². The molecule has 1 N–H and O–H groups in total. The molecule has 4 nitrogen and oxygen atoms in total. The summed E-state index contributed by atoms with van der Waals surface area (Å²) in [6.07, 6.45) is -0.243. The number of piperidine rings is 1. The van der Waals surface area contributed by atoms with E-state index in [0.717, 1.165) is 57.2 Å². The quantitative estimate of drug-likeness (QED) is 0.324. The molecule has 0 aliphatic carbocycles. The lowest BCUT2D eigenvalue weighted by Crippen LogP contribution is -2.48. The highest BCUT2D eigenvalue weighted by atomic mass is 127. The standard InChI is InChI=1S/C18H33F3N4S.HI/c1-3-16-13-25(11-12-26-16)17(22-4-2)23-8-5-15-6-9-24(10-7-15)14-18(19,20)21;/h15-16H,3-14H2,1-2H3,(H,22,23);1H. The Bertz CT molecular complexity index is 443. The molecule has 0 aromatic carbocycles. The first kappa shape index (κ1) is 25.1. The molecule has 0 amide bonds. The lowest BCUT2D eigenvalue weighted by molar-refractivity contribution is -0.148. The molecule has 2 aliphatic rings. The number of hydrogen-bond donors (Lipinski definition) is 1. The van der Waals surface area contributed by atoms with Crippen molar-refractivity contribution in [1.29, 1.82) is 0 Å². The maximum Gasteiger partial charge on any atom is 0.401 e. The van der Waals surface area contributed by atoms with Gasteiger partial charge in [-0.25, -0.2) is 0 Å². The first-order chi connectivity index (χ1) is 12.4. The normalized spacial score (nSPS) is 23.2. The summed E-state index contributed by atoms with van der Waals surface area (Å²) in [7, 11) is 0.